The number of carboxylic acids is 1. The van der Waals surface area contributed by atoms with Crippen molar-refractivity contribution in [1.29, 1.82) is 0 Å². The molecular weight excluding hydrogens is 2180 g/mol. The summed E-state index contributed by atoms with van der Waals surface area (Å²) in [6, 6.07) is 65.2. The zero-order valence-corrected chi connectivity index (χ0v) is 88.0. The zero-order chi connectivity index (χ0) is 101. The van der Waals surface area contributed by atoms with Crippen molar-refractivity contribution in [2.45, 2.75) is 108 Å². The van der Waals surface area contributed by atoms with E-state index in [0.29, 0.717) is 60.3 Å². The number of halogens is 16. The molecule has 0 radical (unpaired) electrons. The Morgan fingerprint density at radius 3 is 0.739 bits per heavy atom. The number of nitrogens with zero attached hydrogens (tertiary/aromatic N) is 8. The van der Waals surface area contributed by atoms with Crippen molar-refractivity contribution in [2.75, 3.05) is 19.0 Å². The van der Waals surface area contributed by atoms with E-state index in [1.165, 1.54) is 48.5 Å². The van der Waals surface area contributed by atoms with Crippen LogP contribution in [0.15, 0.2) is 280 Å². The molecule has 14 aromatic rings. The van der Waals surface area contributed by atoms with Gasteiger partial charge in [-0.1, -0.05) is 159 Å². The Labute approximate surface area is 886 Å². The predicted octanol–water partition coefficient (Wildman–Crippen LogP) is 20.8. The molecule has 4 N–H and O–H groups in total. The second-order valence-electron chi connectivity index (χ2n) is 28.4. The maximum Gasteiger partial charge on any atom is 1.00 e. The van der Waals surface area contributed by atoms with Crippen LogP contribution in [0.1, 0.15) is 116 Å². The van der Waals surface area contributed by atoms with Gasteiger partial charge in [0.2, 0.25) is 15.9 Å². The first-order valence-electron chi connectivity index (χ1n) is 41.0. The van der Waals surface area contributed by atoms with Gasteiger partial charge in [0.15, 0.2) is 0 Å². The van der Waals surface area contributed by atoms with Gasteiger partial charge < -0.3 is 68.1 Å². The van der Waals surface area contributed by atoms with Crippen LogP contribution >= 0.6 is 110 Å². The molecule has 39 heteroatoms. The van der Waals surface area contributed by atoms with Crippen LogP contribution in [0.4, 0.5) is 35.1 Å². The Hall–Kier alpha value is -10.3. The molecule has 15 rings (SSSR count). The van der Waals surface area contributed by atoms with Crippen molar-refractivity contribution in [3.63, 3.8) is 0 Å². The number of imide groups is 1. The number of hydrogen-bond donors (Lipinski definition) is 3. The minimum absolute atomic E-state index is 0. The Kier molecular flexibility index (Phi) is 52.5. The number of alkyl halides is 1. The third-order valence-corrected chi connectivity index (χ3v) is 21.6. The van der Waals surface area contributed by atoms with Crippen molar-refractivity contribution < 1.29 is 130 Å². The third kappa shape index (κ3) is 38.7. The van der Waals surface area contributed by atoms with Crippen LogP contribution < -0.4 is 98.3 Å². The first-order chi connectivity index (χ1) is 65.3. The van der Waals surface area contributed by atoms with E-state index in [0.717, 1.165) is 88.6 Å². The minimum atomic E-state index is -0.833. The van der Waals surface area contributed by atoms with Crippen LogP contribution in [0.25, 0.3) is 5.32 Å². The Morgan fingerprint density at radius 1 is 0.377 bits per heavy atom. The van der Waals surface area contributed by atoms with Crippen molar-refractivity contribution in [1.82, 2.24) is 33.2 Å². The number of carbonyl (C=O) groups is 3. The Bertz CT molecular complexity index is 5900. The molecule has 1 aliphatic heterocycles. The second-order valence-corrected chi connectivity index (χ2v) is 33.1. The van der Waals surface area contributed by atoms with Gasteiger partial charge in [-0.2, -0.15) is 15.0 Å². The van der Waals surface area contributed by atoms with E-state index in [-0.39, 0.29) is 163 Å². The number of amides is 2. The number of hydrogen-bond acceptors (Lipinski definition) is 16. The molecule has 0 saturated carbocycles. The molecule has 0 saturated heterocycles. The number of aromatic nitrogens is 7. The van der Waals surface area contributed by atoms with Crippen molar-refractivity contribution in [3.8, 4) is 23.0 Å². The van der Waals surface area contributed by atoms with Crippen LogP contribution in [-0.2, 0) is 57.4 Å². The van der Waals surface area contributed by atoms with Crippen LogP contribution in [-0.4, -0.2) is 80.2 Å². The Balaban J connectivity index is 0.000000291. The molecule has 0 atom stereocenters. The van der Waals surface area contributed by atoms with Gasteiger partial charge in [0.25, 0.3) is 28.2 Å². The quantitative estimate of drug-likeness (QED) is 0.0276. The topological polar surface area (TPSA) is 295 Å². The van der Waals surface area contributed by atoms with Gasteiger partial charge in [-0.3, -0.25) is 24.0 Å². The van der Waals surface area contributed by atoms with Crippen LogP contribution in [0.3, 0.4) is 0 Å². The van der Waals surface area contributed by atoms with E-state index in [1.807, 2.05) is 163 Å². The van der Waals surface area contributed by atoms with Gasteiger partial charge >= 0.3 is 51.4 Å². The van der Waals surface area contributed by atoms with Gasteiger partial charge in [0.05, 0.1) is 38.0 Å². The monoisotopic (exact) mass is 2260 g/mol. The number of carboxylic acid groups (broad SMARTS) is 1. The summed E-state index contributed by atoms with van der Waals surface area (Å²) in [5, 5.41) is 18.3. The van der Waals surface area contributed by atoms with Gasteiger partial charge in [-0.25, -0.2) is 35.1 Å². The molecule has 138 heavy (non-hydrogen) atoms. The first kappa shape index (κ1) is 118. The summed E-state index contributed by atoms with van der Waals surface area (Å²) in [6.45, 7) is 16.1. The smallest absolute Gasteiger partial charge is 0.587 e. The average Bonchev–Trinajstić information content (AvgIpc) is 1.34. The molecular formula is C99H90Br4Cl4F8KN9O13. The van der Waals surface area contributed by atoms with Crippen molar-refractivity contribution in [3.05, 3.63) is 448 Å². The SMILES string of the molecule is CC(=O)O.CCCl.CCN.CCO.Cc1cc(OCc2ccc(F)cc2F)c(Br)c(=O)n1Cc1ccccc1.Cc1cc(OCc2ccc(F)cc2F)c(Br)c(=O)n1Cc1ccccc1.Cc1cc(OCc2ccc(F)cc2F)c(Br)c(=O)n1Cc1ccccc1.Cc1cc(OCc2ccc(F)cc2F)c(Br)c(=O)n1Cc1ccccc1.Clc1nc(Cl)nc(Cl)n1.O=C1[N-]C(=O)c2ccccc21.[K+]. The number of carbonyl (C=O) groups excluding carboxylic acids is 2. The normalized spacial score (nSPS) is 10.5. The molecule has 6 heterocycles. The number of pyridine rings is 4. The van der Waals surface area contributed by atoms with Gasteiger partial charge in [-0.05, 0) is 210 Å². The fraction of sp³-hybridized carbons (Fsp3) is 0.192. The maximum absolute atomic E-state index is 13.7. The van der Waals surface area contributed by atoms with E-state index in [1.54, 1.807) is 73.7 Å². The molecule has 0 bridgehead atoms. The summed E-state index contributed by atoms with van der Waals surface area (Å²) in [5.41, 5.74) is 12.5. The number of fused-ring (bicyclic) bond motifs is 1. The molecule has 5 aromatic heterocycles. The molecule has 2 amide bonds. The molecule has 1 aliphatic rings. The first-order valence-corrected chi connectivity index (χ1v) is 45.8. The van der Waals surface area contributed by atoms with E-state index in [9.17, 15) is 63.9 Å². The van der Waals surface area contributed by atoms with E-state index in [2.05, 4.69) is 84.0 Å². The molecule has 0 spiro atoms. The predicted molar refractivity (Wildman–Crippen MR) is 528 cm³/mol. The summed E-state index contributed by atoms with van der Waals surface area (Å²) in [4.78, 5) is 91.8. The van der Waals surface area contributed by atoms with Crippen molar-refractivity contribution >= 4 is 128 Å². The summed E-state index contributed by atoms with van der Waals surface area (Å²) in [6.07, 6.45) is 0. The second kappa shape index (κ2) is 61.3. The number of rotatable bonds is 20. The number of ether oxygens (including phenoxy) is 4. The largest absolute Gasteiger partial charge is 1.00 e. The van der Waals surface area contributed by atoms with Crippen LogP contribution in [0.2, 0.25) is 15.9 Å². The molecule has 0 unspecified atom stereocenters. The van der Waals surface area contributed by atoms with Crippen LogP contribution in [0, 0.1) is 74.2 Å². The standard InChI is InChI=1S/4C20H16BrF2NO2.C8H5NO2.C3Cl3N3.C2H5Cl.C2H7N.C2H4O2.C2H6O.K/c4*1-13-9-18(26-12-15-7-8-16(22)10-17(15)23)19(21)20(25)24(13)11-14-5-3-2-4-6-14;10-7-5-3-1-2-4-6(5)8(11)9-7;4-1-7-2(5)9-3(6)8-1;2*1-2-3;1-2(3)4;1-2-3;/h4*2-10H,11-12H2,1H3;1-4H,(H,9,10,11);;2H2,1H3;2-3H2,1H3;1H3,(H,3,4);3H,2H2,1H3;/q;;;;;;;;;;+1/p-1. The number of benzene rings is 9. The summed E-state index contributed by atoms with van der Waals surface area (Å²) in [7, 11) is 0. The molecule has 9 aromatic carbocycles. The molecule has 722 valence electrons. The minimum Gasteiger partial charge on any atom is -0.587 e. The molecule has 0 aliphatic carbocycles. The summed E-state index contributed by atoms with van der Waals surface area (Å²) in [5.74, 6) is -5.01. The Morgan fingerprint density at radius 2 is 0.558 bits per heavy atom. The van der Waals surface area contributed by atoms with E-state index in [4.69, 9.17) is 86.1 Å². The fourth-order valence-corrected chi connectivity index (χ4v) is 14.1. The van der Waals surface area contributed by atoms with E-state index < -0.39 is 64.3 Å². The number of aryl methyl sites for hydroxylation is 4. The van der Waals surface area contributed by atoms with Crippen LogP contribution in [0.5, 0.6) is 23.0 Å². The summed E-state index contributed by atoms with van der Waals surface area (Å²) < 4.78 is 137. The number of aliphatic carboxylic acids is 1. The zero-order valence-electron chi connectivity index (χ0n) is 75.5. The maximum atomic E-state index is 13.7. The number of nitrogens with two attached hydrogens (primary N) is 1. The number of aliphatic hydroxyl groups excluding tert-OH is 1. The van der Waals surface area contributed by atoms with Gasteiger partial charge in [0.1, 0.15) is 114 Å². The van der Waals surface area contributed by atoms with E-state index >= 15 is 0 Å². The van der Waals surface area contributed by atoms with Crippen molar-refractivity contribution in [2.24, 2.45) is 5.73 Å². The number of aliphatic hydroxyl groups is 1. The average molecular weight is 2270 g/mol. The summed E-state index contributed by atoms with van der Waals surface area (Å²) >= 11 is 34.0. The fourth-order valence-electron chi connectivity index (χ4n) is 11.7. The molecule has 0 fully saturated rings. The molecule has 22 nitrogen and oxygen atoms in total. The van der Waals surface area contributed by atoms with Gasteiger partial charge in [-0.15, -0.1) is 11.6 Å². The third-order valence-electron chi connectivity index (χ3n) is 18.1. The van der Waals surface area contributed by atoms with Gasteiger partial charge in [0, 0.05) is 124 Å².